The van der Waals surface area contributed by atoms with Gasteiger partial charge in [-0.15, -0.1) is 5.10 Å². The molecule has 0 radical (unpaired) electrons. The van der Waals surface area contributed by atoms with Crippen molar-refractivity contribution in [1.82, 2.24) is 9.59 Å². The Balaban J connectivity index is 2.82. The molecule has 0 atom stereocenters. The number of aromatic nitrogens is 2. The summed E-state index contributed by atoms with van der Waals surface area (Å²) in [4.78, 5) is 10.9. The lowest BCUT2D eigenvalue weighted by Crippen LogP contribution is -1.87. The van der Waals surface area contributed by atoms with Crippen molar-refractivity contribution < 1.29 is 4.79 Å². The highest BCUT2D eigenvalue weighted by Crippen LogP contribution is 2.21. The fourth-order valence-electron chi connectivity index (χ4n) is 0.960. The standard InChI is InChI=1S/C7H3ClN2OS/c8-7(11)4-2-1-3-5-6(4)12-10-9-5/h1-3H. The maximum Gasteiger partial charge on any atom is 0.253 e. The van der Waals surface area contributed by atoms with Gasteiger partial charge in [0.05, 0.1) is 10.3 Å². The Hall–Kier alpha value is -1.00. The summed E-state index contributed by atoms with van der Waals surface area (Å²) in [6, 6.07) is 5.19. The van der Waals surface area contributed by atoms with Gasteiger partial charge >= 0.3 is 0 Å². The van der Waals surface area contributed by atoms with Crippen molar-refractivity contribution in [2.45, 2.75) is 0 Å². The molecule has 0 saturated carbocycles. The molecule has 2 aromatic rings. The zero-order valence-corrected chi connectivity index (χ0v) is 7.39. The summed E-state index contributed by atoms with van der Waals surface area (Å²) in [6.45, 7) is 0. The van der Waals surface area contributed by atoms with Gasteiger partial charge in [0.25, 0.3) is 5.24 Å². The lowest BCUT2D eigenvalue weighted by atomic mass is 10.2. The third-order valence-corrected chi connectivity index (χ3v) is 2.47. The van der Waals surface area contributed by atoms with Crippen molar-refractivity contribution in [1.29, 1.82) is 0 Å². The topological polar surface area (TPSA) is 42.9 Å². The molecule has 0 fully saturated rings. The number of carbonyl (C=O) groups excluding carboxylic acids is 1. The number of rotatable bonds is 1. The van der Waals surface area contributed by atoms with Crippen molar-refractivity contribution >= 4 is 38.6 Å². The first kappa shape index (κ1) is 7.64. The third-order valence-electron chi connectivity index (χ3n) is 1.49. The summed E-state index contributed by atoms with van der Waals surface area (Å²) in [7, 11) is 0. The van der Waals surface area contributed by atoms with Gasteiger partial charge in [0.1, 0.15) is 5.52 Å². The molecule has 0 saturated heterocycles. The Morgan fingerprint density at radius 3 is 3.08 bits per heavy atom. The molecular formula is C7H3ClN2OS. The fourth-order valence-corrected chi connectivity index (χ4v) is 1.84. The van der Waals surface area contributed by atoms with Crippen LogP contribution in [-0.2, 0) is 0 Å². The molecule has 5 heteroatoms. The number of hydrogen-bond donors (Lipinski definition) is 0. The van der Waals surface area contributed by atoms with Crippen LogP contribution in [0.1, 0.15) is 10.4 Å². The highest BCUT2D eigenvalue weighted by molar-refractivity contribution is 7.13. The summed E-state index contributed by atoms with van der Waals surface area (Å²) in [5, 5.41) is 3.35. The molecule has 12 heavy (non-hydrogen) atoms. The molecule has 1 heterocycles. The molecule has 3 nitrogen and oxygen atoms in total. The Morgan fingerprint density at radius 1 is 1.50 bits per heavy atom. The van der Waals surface area contributed by atoms with E-state index in [4.69, 9.17) is 11.6 Å². The summed E-state index contributed by atoms with van der Waals surface area (Å²) in [5.74, 6) is 0. The highest BCUT2D eigenvalue weighted by Gasteiger charge is 2.08. The second-order valence-electron chi connectivity index (χ2n) is 2.20. The maximum atomic E-state index is 10.9. The minimum atomic E-state index is -0.466. The minimum absolute atomic E-state index is 0.466. The van der Waals surface area contributed by atoms with Crippen molar-refractivity contribution in [3.05, 3.63) is 23.8 Å². The lowest BCUT2D eigenvalue weighted by molar-refractivity contribution is 0.108. The fraction of sp³-hybridized carbons (Fsp3) is 0. The lowest BCUT2D eigenvalue weighted by Gasteiger charge is -1.91. The van der Waals surface area contributed by atoms with Crippen molar-refractivity contribution in [3.8, 4) is 0 Å². The molecule has 1 aromatic carbocycles. The molecule has 60 valence electrons. The van der Waals surface area contributed by atoms with E-state index in [1.807, 2.05) is 0 Å². The molecule has 2 rings (SSSR count). The van der Waals surface area contributed by atoms with E-state index < -0.39 is 5.24 Å². The van der Waals surface area contributed by atoms with E-state index in [0.29, 0.717) is 11.1 Å². The first-order chi connectivity index (χ1) is 5.79. The number of halogens is 1. The molecular weight excluding hydrogens is 196 g/mol. The third kappa shape index (κ3) is 1.09. The summed E-state index contributed by atoms with van der Waals surface area (Å²) < 4.78 is 4.47. The van der Waals surface area contributed by atoms with E-state index in [9.17, 15) is 4.79 Å². The van der Waals surface area contributed by atoms with Crippen LogP contribution in [-0.4, -0.2) is 14.8 Å². The molecule has 0 unspecified atom stereocenters. The normalized spacial score (nSPS) is 10.4. The van der Waals surface area contributed by atoms with Crippen molar-refractivity contribution in [3.63, 3.8) is 0 Å². The van der Waals surface area contributed by atoms with Gasteiger partial charge in [-0.25, -0.2) is 0 Å². The zero-order chi connectivity index (χ0) is 8.55. The van der Waals surface area contributed by atoms with Gasteiger partial charge in [-0.2, -0.15) is 0 Å². The van der Waals surface area contributed by atoms with E-state index in [1.165, 1.54) is 11.5 Å². The Labute approximate surface area is 77.1 Å². The van der Waals surface area contributed by atoms with Gasteiger partial charge in [0.15, 0.2) is 0 Å². The predicted molar refractivity (Wildman–Crippen MR) is 47.6 cm³/mol. The Bertz CT molecular complexity index is 440. The summed E-state index contributed by atoms with van der Waals surface area (Å²) in [5.41, 5.74) is 1.19. The monoisotopic (exact) mass is 198 g/mol. The quantitative estimate of drug-likeness (QED) is 0.659. The van der Waals surface area contributed by atoms with Gasteiger partial charge in [-0.1, -0.05) is 10.6 Å². The predicted octanol–water partition coefficient (Wildman–Crippen LogP) is 2.07. The highest BCUT2D eigenvalue weighted by atomic mass is 35.5. The number of nitrogens with zero attached hydrogens (tertiary/aromatic N) is 2. The minimum Gasteiger partial charge on any atom is -0.276 e. The second-order valence-corrected chi connectivity index (χ2v) is 3.30. The van der Waals surface area contributed by atoms with E-state index >= 15 is 0 Å². The van der Waals surface area contributed by atoms with Crippen molar-refractivity contribution in [2.24, 2.45) is 0 Å². The zero-order valence-electron chi connectivity index (χ0n) is 5.82. The molecule has 0 N–H and O–H groups in total. The second kappa shape index (κ2) is 2.80. The largest absolute Gasteiger partial charge is 0.276 e. The molecule has 0 amide bonds. The van der Waals surface area contributed by atoms with Gasteiger partial charge in [0, 0.05) is 0 Å². The molecule has 0 bridgehead atoms. The van der Waals surface area contributed by atoms with E-state index in [1.54, 1.807) is 18.2 Å². The molecule has 0 aliphatic heterocycles. The van der Waals surface area contributed by atoms with Crippen LogP contribution in [0.4, 0.5) is 0 Å². The number of carbonyl (C=O) groups is 1. The smallest absolute Gasteiger partial charge is 0.253 e. The Kier molecular flexibility index (Phi) is 1.78. The van der Waals surface area contributed by atoms with Crippen molar-refractivity contribution in [2.75, 3.05) is 0 Å². The summed E-state index contributed by atoms with van der Waals surface area (Å²) in [6.07, 6.45) is 0. The van der Waals surface area contributed by atoms with Crippen LogP contribution in [0.2, 0.25) is 0 Å². The van der Waals surface area contributed by atoms with Crippen LogP contribution in [0, 0.1) is 0 Å². The molecule has 0 spiro atoms. The van der Waals surface area contributed by atoms with Gasteiger partial charge in [-0.05, 0) is 35.3 Å². The maximum absolute atomic E-state index is 10.9. The SMILES string of the molecule is O=C(Cl)c1cccc2nnsc12. The average molecular weight is 199 g/mol. The molecule has 1 aromatic heterocycles. The first-order valence-corrected chi connectivity index (χ1v) is 4.35. The van der Waals surface area contributed by atoms with Crippen LogP contribution >= 0.6 is 23.1 Å². The van der Waals surface area contributed by atoms with Crippen LogP contribution in [0.5, 0.6) is 0 Å². The van der Waals surface area contributed by atoms with Crippen LogP contribution in [0.15, 0.2) is 18.2 Å². The van der Waals surface area contributed by atoms with E-state index in [-0.39, 0.29) is 0 Å². The van der Waals surface area contributed by atoms with Gasteiger partial charge in [-0.3, -0.25) is 4.79 Å². The van der Waals surface area contributed by atoms with E-state index in [0.717, 1.165) is 4.70 Å². The Morgan fingerprint density at radius 2 is 2.33 bits per heavy atom. The van der Waals surface area contributed by atoms with Gasteiger partial charge < -0.3 is 0 Å². The van der Waals surface area contributed by atoms with Crippen LogP contribution in [0.25, 0.3) is 10.2 Å². The average Bonchev–Trinajstić information content (AvgIpc) is 2.49. The van der Waals surface area contributed by atoms with Crippen LogP contribution in [0.3, 0.4) is 0 Å². The molecule has 0 aliphatic rings. The van der Waals surface area contributed by atoms with Gasteiger partial charge in [0.2, 0.25) is 0 Å². The summed E-state index contributed by atoms with van der Waals surface area (Å²) >= 11 is 6.53. The van der Waals surface area contributed by atoms with Crippen LogP contribution < -0.4 is 0 Å². The first-order valence-electron chi connectivity index (χ1n) is 3.20. The number of benzene rings is 1. The molecule has 0 aliphatic carbocycles. The number of hydrogen-bond acceptors (Lipinski definition) is 4. The number of fused-ring (bicyclic) bond motifs is 1. The van der Waals surface area contributed by atoms with E-state index in [2.05, 4.69) is 9.59 Å².